The number of unbranched alkanes of at least 4 members (excludes halogenated alkanes) is 45. The van der Waals surface area contributed by atoms with Crippen molar-refractivity contribution < 1.29 is 80.2 Å². The van der Waals surface area contributed by atoms with Gasteiger partial charge in [0.1, 0.15) is 19.3 Å². The second-order valence-corrected chi connectivity index (χ2v) is 31.5. The minimum Gasteiger partial charge on any atom is -0.462 e. The normalized spacial score (nSPS) is 14.5. The van der Waals surface area contributed by atoms with E-state index in [0.717, 1.165) is 102 Å². The Kier molecular flexibility index (Phi) is 68.4. The molecule has 0 fully saturated rings. The maximum absolute atomic E-state index is 13.1. The van der Waals surface area contributed by atoms with E-state index in [2.05, 4.69) is 41.5 Å². The van der Waals surface area contributed by atoms with Gasteiger partial charge in [-0.1, -0.05) is 356 Å². The molecular weight excluding hydrogens is 1270 g/mol. The van der Waals surface area contributed by atoms with Gasteiger partial charge in [-0.15, -0.1) is 0 Å². The molecule has 0 aromatic heterocycles. The molecule has 3 N–H and O–H groups in total. The van der Waals surface area contributed by atoms with Crippen LogP contribution in [0, 0.1) is 11.8 Å². The minimum atomic E-state index is -4.96. The number of hydrogen-bond acceptors (Lipinski definition) is 15. The van der Waals surface area contributed by atoms with Gasteiger partial charge < -0.3 is 33.8 Å². The lowest BCUT2D eigenvalue weighted by Gasteiger charge is -2.21. The second-order valence-electron chi connectivity index (χ2n) is 28.6. The molecule has 97 heavy (non-hydrogen) atoms. The van der Waals surface area contributed by atoms with Crippen LogP contribution < -0.4 is 0 Å². The molecule has 4 unspecified atom stereocenters. The van der Waals surface area contributed by atoms with E-state index in [-0.39, 0.29) is 25.7 Å². The summed E-state index contributed by atoms with van der Waals surface area (Å²) in [6.07, 6.45) is 58.3. The van der Waals surface area contributed by atoms with Crippen molar-refractivity contribution in [1.82, 2.24) is 0 Å². The molecule has 0 spiro atoms. The number of rotatable bonds is 77. The molecule has 17 nitrogen and oxygen atoms in total. The third-order valence-electron chi connectivity index (χ3n) is 18.9. The predicted octanol–water partition coefficient (Wildman–Crippen LogP) is 23.1. The third-order valence-corrected chi connectivity index (χ3v) is 20.8. The zero-order valence-electron chi connectivity index (χ0n) is 63.4. The molecule has 0 saturated heterocycles. The van der Waals surface area contributed by atoms with Gasteiger partial charge in [-0.2, -0.15) is 0 Å². The van der Waals surface area contributed by atoms with Crippen LogP contribution in [0.2, 0.25) is 0 Å². The first-order chi connectivity index (χ1) is 46.9. The van der Waals surface area contributed by atoms with E-state index in [9.17, 15) is 43.2 Å². The van der Waals surface area contributed by atoms with Gasteiger partial charge in [0.25, 0.3) is 0 Å². The molecule has 0 aromatic rings. The number of esters is 4. The summed E-state index contributed by atoms with van der Waals surface area (Å²) in [5.41, 5.74) is 0. The number of carbonyl (C=O) groups is 4. The van der Waals surface area contributed by atoms with Gasteiger partial charge in [-0.05, 0) is 37.5 Å². The quantitative estimate of drug-likeness (QED) is 0.0222. The van der Waals surface area contributed by atoms with Crippen molar-refractivity contribution in [1.29, 1.82) is 0 Å². The fourth-order valence-corrected chi connectivity index (χ4v) is 13.5. The number of aliphatic hydroxyl groups excluding tert-OH is 1. The Morgan fingerprint density at radius 3 is 0.732 bits per heavy atom. The van der Waals surface area contributed by atoms with Gasteiger partial charge >= 0.3 is 39.5 Å². The first kappa shape index (κ1) is 95.1. The molecule has 0 bridgehead atoms. The molecule has 7 atom stereocenters. The molecule has 576 valence electrons. The lowest BCUT2D eigenvalue weighted by molar-refractivity contribution is -0.161. The van der Waals surface area contributed by atoms with Crippen LogP contribution in [0.25, 0.3) is 0 Å². The third kappa shape index (κ3) is 69.5. The highest BCUT2D eigenvalue weighted by atomic mass is 31.2. The number of aliphatic hydroxyl groups is 1. The Bertz CT molecular complexity index is 1880. The van der Waals surface area contributed by atoms with Crippen molar-refractivity contribution in [3.05, 3.63) is 0 Å². The predicted molar refractivity (Wildman–Crippen MR) is 395 cm³/mol. The van der Waals surface area contributed by atoms with E-state index in [1.54, 1.807) is 0 Å². The van der Waals surface area contributed by atoms with Crippen molar-refractivity contribution >= 4 is 39.5 Å². The van der Waals surface area contributed by atoms with Crippen LogP contribution in [0.4, 0.5) is 0 Å². The fourth-order valence-electron chi connectivity index (χ4n) is 11.9. The van der Waals surface area contributed by atoms with Gasteiger partial charge in [0.2, 0.25) is 0 Å². The summed E-state index contributed by atoms with van der Waals surface area (Å²) in [7, 11) is -9.91. The van der Waals surface area contributed by atoms with Crippen LogP contribution in [0.15, 0.2) is 0 Å². The average molecular weight is 1420 g/mol. The topological polar surface area (TPSA) is 237 Å². The number of carbonyl (C=O) groups excluding carboxylic acids is 4. The summed E-state index contributed by atoms with van der Waals surface area (Å²) in [6, 6.07) is 0. The van der Waals surface area contributed by atoms with Gasteiger partial charge in [-0.3, -0.25) is 37.3 Å². The van der Waals surface area contributed by atoms with Crippen molar-refractivity contribution in [2.24, 2.45) is 11.8 Å². The van der Waals surface area contributed by atoms with Crippen molar-refractivity contribution in [3.63, 3.8) is 0 Å². The lowest BCUT2D eigenvalue weighted by Crippen LogP contribution is -2.30. The Hall–Kier alpha value is -1.94. The largest absolute Gasteiger partial charge is 0.472 e. The molecular formula is C78H152O17P2. The summed E-state index contributed by atoms with van der Waals surface area (Å²) in [6.45, 7) is 9.61. The van der Waals surface area contributed by atoms with Crippen LogP contribution in [-0.4, -0.2) is 96.7 Å². The van der Waals surface area contributed by atoms with E-state index >= 15 is 0 Å². The molecule has 0 saturated carbocycles. The highest BCUT2D eigenvalue weighted by Gasteiger charge is 2.30. The van der Waals surface area contributed by atoms with Gasteiger partial charge in [0.05, 0.1) is 26.4 Å². The molecule has 0 radical (unpaired) electrons. The molecule has 0 rings (SSSR count). The first-order valence-corrected chi connectivity index (χ1v) is 43.6. The Morgan fingerprint density at radius 1 is 0.289 bits per heavy atom. The van der Waals surface area contributed by atoms with Crippen LogP contribution >= 0.6 is 15.6 Å². The summed E-state index contributed by atoms with van der Waals surface area (Å²) < 4.78 is 68.5. The Labute approximate surface area is 594 Å². The van der Waals surface area contributed by atoms with Crippen molar-refractivity contribution in [2.75, 3.05) is 39.6 Å². The standard InChI is InChI=1S/C78H152O17P2/c1-7-11-13-15-17-19-20-21-22-23-24-25-26-27-28-29-30-31-37-44-50-56-62-77(82)94-73(67-89-76(81)61-55-49-43-36-33-32-35-40-46-52-58-70(5)9-3)68-92-96(84,85)90-64-72(79)65-91-97(86,87)93-69-74(66-88-75(80)60-54-48-42-34-18-16-14-12-8-2)95-78(83)63-57-51-45-39-38-41-47-53-59-71(6)10-4/h70-74,79H,7-69H2,1-6H3,(H,84,85)(H,86,87)/t70?,71?,72-,73-,74-/m1/s1. The highest BCUT2D eigenvalue weighted by Crippen LogP contribution is 2.45. The molecule has 0 aliphatic heterocycles. The molecule has 0 aliphatic rings. The molecule has 0 aromatic carbocycles. The van der Waals surface area contributed by atoms with Crippen LogP contribution in [0.1, 0.15) is 408 Å². The minimum absolute atomic E-state index is 0.105. The van der Waals surface area contributed by atoms with E-state index in [0.29, 0.717) is 25.7 Å². The highest BCUT2D eigenvalue weighted by molar-refractivity contribution is 7.47. The van der Waals surface area contributed by atoms with E-state index < -0.39 is 97.5 Å². The van der Waals surface area contributed by atoms with E-state index in [1.165, 1.54) is 225 Å². The summed E-state index contributed by atoms with van der Waals surface area (Å²) >= 11 is 0. The molecule has 19 heteroatoms. The van der Waals surface area contributed by atoms with Crippen molar-refractivity contribution in [2.45, 2.75) is 426 Å². The molecule has 0 amide bonds. The number of ether oxygens (including phenoxy) is 4. The Morgan fingerprint density at radius 2 is 0.495 bits per heavy atom. The van der Waals surface area contributed by atoms with Gasteiger partial charge in [0, 0.05) is 25.7 Å². The van der Waals surface area contributed by atoms with Crippen LogP contribution in [0.5, 0.6) is 0 Å². The summed E-state index contributed by atoms with van der Waals surface area (Å²) in [5, 5.41) is 10.6. The number of phosphoric acid groups is 2. The summed E-state index contributed by atoms with van der Waals surface area (Å²) in [5.74, 6) is -0.538. The maximum Gasteiger partial charge on any atom is 0.472 e. The second kappa shape index (κ2) is 69.8. The number of phosphoric ester groups is 2. The van der Waals surface area contributed by atoms with Crippen LogP contribution in [0.3, 0.4) is 0 Å². The lowest BCUT2D eigenvalue weighted by atomic mass is 9.99. The number of hydrogen-bond donors (Lipinski definition) is 3. The van der Waals surface area contributed by atoms with E-state index in [1.807, 2.05) is 0 Å². The van der Waals surface area contributed by atoms with Crippen molar-refractivity contribution in [3.8, 4) is 0 Å². The molecule has 0 heterocycles. The SMILES string of the molecule is CCCCCCCCCCCCCCCCCCCCCCCCC(=O)O[C@H](COC(=O)CCCCCCCCCCCCC(C)CC)COP(=O)(O)OC[C@@H](O)COP(=O)(O)OC[C@@H](COC(=O)CCCCCCCCCCC)OC(=O)CCCCCCCCCCC(C)CC. The Balaban J connectivity index is 5.19. The smallest absolute Gasteiger partial charge is 0.462 e. The first-order valence-electron chi connectivity index (χ1n) is 40.6. The zero-order chi connectivity index (χ0) is 71.4. The van der Waals surface area contributed by atoms with E-state index in [4.69, 9.17) is 37.0 Å². The van der Waals surface area contributed by atoms with Crippen LogP contribution in [-0.2, 0) is 65.4 Å². The fraction of sp³-hybridized carbons (Fsp3) is 0.949. The zero-order valence-corrected chi connectivity index (χ0v) is 65.2. The molecule has 0 aliphatic carbocycles. The summed E-state index contributed by atoms with van der Waals surface area (Å²) in [4.78, 5) is 72.8. The van der Waals surface area contributed by atoms with Gasteiger partial charge in [-0.25, -0.2) is 9.13 Å². The monoisotopic (exact) mass is 1420 g/mol. The maximum atomic E-state index is 13.1. The average Bonchev–Trinajstić information content (AvgIpc) is 1.39. The van der Waals surface area contributed by atoms with Gasteiger partial charge in [0.15, 0.2) is 12.2 Å².